The lowest BCUT2D eigenvalue weighted by Crippen LogP contribution is -2.45. The van der Waals surface area contributed by atoms with Crippen LogP contribution in [0.25, 0.3) is 32.6 Å². The summed E-state index contributed by atoms with van der Waals surface area (Å²) in [6.45, 7) is 3.16. The SMILES string of the molecule is Cn1c(CCc2ccc(CN)cc2)nc2cc(N(Cc3cccc4ccccc34)C(=O)CN3CCC(Nc4ccc5ccccc5c4)CC3)ccc21. The average molecular weight is 687 g/mol. The number of anilines is 2. The molecular formula is C45H46N6O. The van der Waals surface area contributed by atoms with Gasteiger partial charge in [-0.25, -0.2) is 4.98 Å². The van der Waals surface area contributed by atoms with Crippen LogP contribution in [0.4, 0.5) is 11.4 Å². The number of aromatic nitrogens is 2. The number of piperidine rings is 1. The molecule has 1 aliphatic rings. The molecule has 6 aromatic carbocycles. The summed E-state index contributed by atoms with van der Waals surface area (Å²) >= 11 is 0. The van der Waals surface area contributed by atoms with Crippen molar-refractivity contribution in [2.45, 2.75) is 44.8 Å². The van der Waals surface area contributed by atoms with E-state index in [9.17, 15) is 4.79 Å². The van der Waals surface area contributed by atoms with E-state index in [2.05, 4.69) is 149 Å². The minimum atomic E-state index is 0.102. The fourth-order valence-electron chi connectivity index (χ4n) is 7.68. The van der Waals surface area contributed by atoms with Crippen LogP contribution in [0.2, 0.25) is 0 Å². The molecule has 1 fully saturated rings. The summed E-state index contributed by atoms with van der Waals surface area (Å²) in [7, 11) is 2.08. The van der Waals surface area contributed by atoms with Crippen LogP contribution in [0.3, 0.4) is 0 Å². The van der Waals surface area contributed by atoms with Crippen LogP contribution in [-0.2, 0) is 37.8 Å². The third-order valence-electron chi connectivity index (χ3n) is 10.7. The molecule has 1 aromatic heterocycles. The number of fused-ring (bicyclic) bond motifs is 3. The molecule has 0 saturated carbocycles. The first-order valence-corrected chi connectivity index (χ1v) is 18.5. The molecule has 1 amide bonds. The molecule has 52 heavy (non-hydrogen) atoms. The summed E-state index contributed by atoms with van der Waals surface area (Å²) in [5, 5.41) is 8.60. The minimum Gasteiger partial charge on any atom is -0.382 e. The second-order valence-electron chi connectivity index (χ2n) is 14.2. The maximum Gasteiger partial charge on any atom is 0.241 e. The summed E-state index contributed by atoms with van der Waals surface area (Å²) in [5.41, 5.74) is 13.3. The molecule has 8 rings (SSSR count). The van der Waals surface area contributed by atoms with E-state index in [1.165, 1.54) is 27.1 Å². The second-order valence-corrected chi connectivity index (χ2v) is 14.2. The van der Waals surface area contributed by atoms with Crippen molar-refractivity contribution < 1.29 is 4.79 Å². The Morgan fingerprint density at radius 1 is 0.788 bits per heavy atom. The highest BCUT2D eigenvalue weighted by Crippen LogP contribution is 2.28. The summed E-state index contributed by atoms with van der Waals surface area (Å²) in [6, 6.07) is 45.0. The van der Waals surface area contributed by atoms with Crippen LogP contribution >= 0.6 is 0 Å². The molecule has 2 heterocycles. The molecule has 0 radical (unpaired) electrons. The Kier molecular flexibility index (Phi) is 9.70. The fourth-order valence-corrected chi connectivity index (χ4v) is 7.68. The molecule has 1 saturated heterocycles. The maximum absolute atomic E-state index is 14.4. The lowest BCUT2D eigenvalue weighted by Gasteiger charge is -2.34. The van der Waals surface area contributed by atoms with Gasteiger partial charge in [-0.2, -0.15) is 0 Å². The lowest BCUT2D eigenvalue weighted by molar-refractivity contribution is -0.120. The Balaban J connectivity index is 0.999. The largest absolute Gasteiger partial charge is 0.382 e. The summed E-state index contributed by atoms with van der Waals surface area (Å²) in [6.07, 6.45) is 3.70. The third kappa shape index (κ3) is 7.29. The predicted molar refractivity (Wildman–Crippen MR) is 215 cm³/mol. The Morgan fingerprint density at radius 3 is 2.33 bits per heavy atom. The van der Waals surface area contributed by atoms with E-state index in [1.54, 1.807) is 0 Å². The number of benzene rings is 6. The van der Waals surface area contributed by atoms with Crippen molar-refractivity contribution in [1.29, 1.82) is 0 Å². The highest BCUT2D eigenvalue weighted by Gasteiger charge is 2.25. The predicted octanol–water partition coefficient (Wildman–Crippen LogP) is 8.23. The Morgan fingerprint density at radius 2 is 1.52 bits per heavy atom. The molecule has 1 aliphatic heterocycles. The van der Waals surface area contributed by atoms with Gasteiger partial charge in [0.2, 0.25) is 5.91 Å². The minimum absolute atomic E-state index is 0.102. The molecule has 262 valence electrons. The number of hydrogen-bond acceptors (Lipinski definition) is 5. The van der Waals surface area contributed by atoms with E-state index in [0.29, 0.717) is 25.7 Å². The van der Waals surface area contributed by atoms with Crippen molar-refractivity contribution >= 4 is 49.9 Å². The Labute approximate surface area is 305 Å². The number of rotatable bonds is 11. The van der Waals surface area contributed by atoms with Crippen molar-refractivity contribution in [2.24, 2.45) is 12.8 Å². The van der Waals surface area contributed by atoms with Crippen molar-refractivity contribution in [3.63, 3.8) is 0 Å². The molecule has 7 aromatic rings. The van der Waals surface area contributed by atoms with Gasteiger partial charge < -0.3 is 20.5 Å². The van der Waals surface area contributed by atoms with Crippen molar-refractivity contribution in [3.8, 4) is 0 Å². The van der Waals surface area contributed by atoms with Gasteiger partial charge in [0.05, 0.1) is 24.1 Å². The molecule has 7 nitrogen and oxygen atoms in total. The number of imidazole rings is 1. The van der Waals surface area contributed by atoms with Crippen molar-refractivity contribution in [3.05, 3.63) is 150 Å². The van der Waals surface area contributed by atoms with E-state index in [1.807, 2.05) is 4.90 Å². The molecular weight excluding hydrogens is 641 g/mol. The van der Waals surface area contributed by atoms with E-state index in [-0.39, 0.29) is 5.91 Å². The summed E-state index contributed by atoms with van der Waals surface area (Å²) in [4.78, 5) is 23.8. The fraction of sp³-hybridized carbons (Fsp3) is 0.244. The van der Waals surface area contributed by atoms with E-state index >= 15 is 0 Å². The highest BCUT2D eigenvalue weighted by molar-refractivity contribution is 5.97. The summed E-state index contributed by atoms with van der Waals surface area (Å²) in [5.74, 6) is 1.13. The summed E-state index contributed by atoms with van der Waals surface area (Å²) < 4.78 is 2.18. The van der Waals surface area contributed by atoms with Gasteiger partial charge in [0, 0.05) is 50.5 Å². The van der Waals surface area contributed by atoms with E-state index in [4.69, 9.17) is 10.7 Å². The molecule has 7 heteroatoms. The quantitative estimate of drug-likeness (QED) is 0.143. The number of nitrogens with two attached hydrogens (primary N) is 1. The number of nitrogens with zero attached hydrogens (tertiary/aromatic N) is 4. The van der Waals surface area contributed by atoms with Crippen LogP contribution < -0.4 is 16.0 Å². The monoisotopic (exact) mass is 686 g/mol. The van der Waals surface area contributed by atoms with Crippen LogP contribution in [0.5, 0.6) is 0 Å². The van der Waals surface area contributed by atoms with Gasteiger partial charge in [0.25, 0.3) is 0 Å². The zero-order valence-corrected chi connectivity index (χ0v) is 29.8. The van der Waals surface area contributed by atoms with Gasteiger partial charge in [-0.05, 0) is 87.8 Å². The van der Waals surface area contributed by atoms with Gasteiger partial charge >= 0.3 is 0 Å². The zero-order valence-electron chi connectivity index (χ0n) is 29.8. The normalized spacial score (nSPS) is 14.0. The Hall–Kier alpha value is -5.50. The molecule has 0 atom stereocenters. The third-order valence-corrected chi connectivity index (χ3v) is 10.7. The second kappa shape index (κ2) is 15.0. The molecule has 3 N–H and O–H groups in total. The molecule has 0 bridgehead atoms. The van der Waals surface area contributed by atoms with Crippen LogP contribution in [-0.4, -0.2) is 46.0 Å². The topological polar surface area (TPSA) is 79.4 Å². The van der Waals surface area contributed by atoms with Crippen molar-refractivity contribution in [2.75, 3.05) is 29.9 Å². The first kappa shape index (κ1) is 33.6. The van der Waals surface area contributed by atoms with Gasteiger partial charge in [-0.15, -0.1) is 0 Å². The van der Waals surface area contributed by atoms with E-state index in [0.717, 1.165) is 78.1 Å². The molecule has 0 spiro atoms. The van der Waals surface area contributed by atoms with Crippen molar-refractivity contribution in [1.82, 2.24) is 14.5 Å². The smallest absolute Gasteiger partial charge is 0.241 e. The van der Waals surface area contributed by atoms with Crippen LogP contribution in [0, 0.1) is 0 Å². The number of aryl methyl sites for hydroxylation is 3. The first-order valence-electron chi connectivity index (χ1n) is 18.5. The number of nitrogens with one attached hydrogen (secondary N) is 1. The average Bonchev–Trinajstić information content (AvgIpc) is 3.50. The highest BCUT2D eigenvalue weighted by atomic mass is 16.2. The number of likely N-dealkylation sites (tertiary alicyclic amines) is 1. The number of carbonyl (C=O) groups excluding carboxylic acids is 1. The number of carbonyl (C=O) groups is 1. The number of hydrogen-bond donors (Lipinski definition) is 2. The lowest BCUT2D eigenvalue weighted by atomic mass is 10.0. The van der Waals surface area contributed by atoms with Gasteiger partial charge in [0.1, 0.15) is 5.82 Å². The zero-order chi connectivity index (χ0) is 35.4. The molecule has 0 aliphatic carbocycles. The van der Waals surface area contributed by atoms with Crippen LogP contribution in [0.1, 0.15) is 35.4 Å². The van der Waals surface area contributed by atoms with Gasteiger partial charge in [0.15, 0.2) is 0 Å². The van der Waals surface area contributed by atoms with Gasteiger partial charge in [-0.1, -0.05) is 97.1 Å². The maximum atomic E-state index is 14.4. The first-order chi connectivity index (χ1) is 25.5. The number of amides is 1. The Bertz CT molecular complexity index is 2330. The van der Waals surface area contributed by atoms with Gasteiger partial charge in [-0.3, -0.25) is 9.69 Å². The van der Waals surface area contributed by atoms with E-state index < -0.39 is 0 Å². The molecule has 0 unspecified atom stereocenters. The standard InChI is InChI=1S/C45H46N6O/c1-49-43-21-20-40(28-42(43)48-44(49)22-17-32-13-15-33(29-46)16-14-32)51(30-37-11-6-10-35-8-4-5-12-41(35)37)45(52)31-50-25-23-38(24-26-50)47-39-19-18-34-7-2-3-9-36(34)27-39/h2-16,18-21,27-28,38,47H,17,22-26,29-31,46H2,1H3. The van der Waals surface area contributed by atoms with Crippen LogP contribution in [0.15, 0.2) is 127 Å².